The molecule has 2 rings (SSSR count). The molecule has 5 heteroatoms. The van der Waals surface area contributed by atoms with Crippen LogP contribution in [-0.4, -0.2) is 39.7 Å². The van der Waals surface area contributed by atoms with Crippen LogP contribution in [0.4, 0.5) is 0 Å². The van der Waals surface area contributed by atoms with Crippen molar-refractivity contribution in [3.05, 3.63) is 22.4 Å². The van der Waals surface area contributed by atoms with E-state index in [0.717, 1.165) is 23.1 Å². The maximum atomic E-state index is 12.4. The second-order valence-corrected chi connectivity index (χ2v) is 5.68. The second kappa shape index (κ2) is 5.89. The van der Waals surface area contributed by atoms with E-state index in [0.29, 0.717) is 25.9 Å². The Balaban J connectivity index is 2.12. The van der Waals surface area contributed by atoms with Crippen LogP contribution >= 0.6 is 15.9 Å². The van der Waals surface area contributed by atoms with E-state index in [4.69, 9.17) is 0 Å². The summed E-state index contributed by atoms with van der Waals surface area (Å²) < 4.78 is 2.94. The number of amides is 1. The van der Waals surface area contributed by atoms with Crippen LogP contribution in [0.5, 0.6) is 0 Å². The Morgan fingerprint density at radius 1 is 1.50 bits per heavy atom. The van der Waals surface area contributed by atoms with E-state index in [2.05, 4.69) is 22.9 Å². The van der Waals surface area contributed by atoms with E-state index in [1.165, 1.54) is 0 Å². The first kappa shape index (κ1) is 13.6. The molecule has 0 spiro atoms. The highest BCUT2D eigenvalue weighted by Gasteiger charge is 2.24. The van der Waals surface area contributed by atoms with Crippen molar-refractivity contribution in [1.29, 1.82) is 0 Å². The molecular weight excluding hydrogens is 296 g/mol. The molecule has 18 heavy (non-hydrogen) atoms. The molecule has 100 valence electrons. The fourth-order valence-corrected chi connectivity index (χ4v) is 2.77. The van der Waals surface area contributed by atoms with E-state index >= 15 is 0 Å². The van der Waals surface area contributed by atoms with Crippen LogP contribution in [-0.2, 0) is 6.54 Å². The molecule has 0 aromatic carbocycles. The molecule has 1 aliphatic rings. The van der Waals surface area contributed by atoms with E-state index < -0.39 is 0 Å². The van der Waals surface area contributed by atoms with Gasteiger partial charge in [-0.25, -0.2) is 0 Å². The van der Waals surface area contributed by atoms with Crippen LogP contribution in [0, 0.1) is 0 Å². The number of hydrogen-bond acceptors (Lipinski definition) is 2. The predicted molar refractivity (Wildman–Crippen MR) is 73.6 cm³/mol. The standard InChI is InChI=1S/C13H19BrN2O2/c1-2-5-16-9-10(14)8-12(16)13(18)15-6-3-11(17)4-7-15/h8-9,11,17H,2-7H2,1H3. The smallest absolute Gasteiger partial charge is 0.270 e. The van der Waals surface area contributed by atoms with Crippen LogP contribution in [0.1, 0.15) is 36.7 Å². The summed E-state index contributed by atoms with van der Waals surface area (Å²) in [4.78, 5) is 14.3. The van der Waals surface area contributed by atoms with Gasteiger partial charge < -0.3 is 14.6 Å². The lowest BCUT2D eigenvalue weighted by Crippen LogP contribution is -2.40. The molecule has 0 saturated carbocycles. The number of aromatic nitrogens is 1. The van der Waals surface area contributed by atoms with E-state index in [-0.39, 0.29) is 12.0 Å². The summed E-state index contributed by atoms with van der Waals surface area (Å²) in [6.07, 6.45) is 4.07. The second-order valence-electron chi connectivity index (χ2n) is 4.76. The number of likely N-dealkylation sites (tertiary alicyclic amines) is 1. The third kappa shape index (κ3) is 2.95. The number of aliphatic hydroxyl groups excluding tert-OH is 1. The maximum Gasteiger partial charge on any atom is 0.270 e. The summed E-state index contributed by atoms with van der Waals surface area (Å²) in [7, 11) is 0. The lowest BCUT2D eigenvalue weighted by atomic mass is 10.1. The first-order chi connectivity index (χ1) is 8.61. The first-order valence-electron chi connectivity index (χ1n) is 6.45. The van der Waals surface area contributed by atoms with Gasteiger partial charge in [0.05, 0.1) is 6.10 Å². The molecule has 1 aromatic heterocycles. The maximum absolute atomic E-state index is 12.4. The van der Waals surface area contributed by atoms with Crippen molar-refractivity contribution >= 4 is 21.8 Å². The van der Waals surface area contributed by atoms with Crippen molar-refractivity contribution < 1.29 is 9.90 Å². The van der Waals surface area contributed by atoms with Gasteiger partial charge >= 0.3 is 0 Å². The highest BCUT2D eigenvalue weighted by molar-refractivity contribution is 9.10. The van der Waals surface area contributed by atoms with Gasteiger partial charge in [-0.05, 0) is 41.3 Å². The SMILES string of the molecule is CCCn1cc(Br)cc1C(=O)N1CCC(O)CC1. The number of nitrogens with zero attached hydrogens (tertiary/aromatic N) is 2. The number of carbonyl (C=O) groups excluding carboxylic acids is 1. The van der Waals surface area contributed by atoms with E-state index in [1.54, 1.807) is 0 Å². The minimum atomic E-state index is -0.247. The van der Waals surface area contributed by atoms with Crippen molar-refractivity contribution in [2.75, 3.05) is 13.1 Å². The Hall–Kier alpha value is -0.810. The number of piperidine rings is 1. The summed E-state index contributed by atoms with van der Waals surface area (Å²) in [5, 5.41) is 9.47. The van der Waals surface area contributed by atoms with Gasteiger partial charge in [0.1, 0.15) is 5.69 Å². The minimum Gasteiger partial charge on any atom is -0.393 e. The summed E-state index contributed by atoms with van der Waals surface area (Å²) in [5.41, 5.74) is 0.736. The zero-order valence-corrected chi connectivity index (χ0v) is 12.2. The van der Waals surface area contributed by atoms with Crippen LogP contribution in [0.2, 0.25) is 0 Å². The van der Waals surface area contributed by atoms with Crippen LogP contribution in [0.25, 0.3) is 0 Å². The first-order valence-corrected chi connectivity index (χ1v) is 7.24. The molecule has 1 saturated heterocycles. The summed E-state index contributed by atoms with van der Waals surface area (Å²) >= 11 is 3.42. The van der Waals surface area contributed by atoms with Gasteiger partial charge in [0, 0.05) is 30.3 Å². The molecule has 0 aliphatic carbocycles. The Labute approximate surface area is 116 Å². The summed E-state index contributed by atoms with van der Waals surface area (Å²) in [6, 6.07) is 1.88. The van der Waals surface area contributed by atoms with Crippen LogP contribution in [0.3, 0.4) is 0 Å². The third-order valence-corrected chi connectivity index (χ3v) is 3.73. The molecule has 0 unspecified atom stereocenters. The monoisotopic (exact) mass is 314 g/mol. The molecule has 0 bridgehead atoms. The number of halogens is 1. The zero-order valence-electron chi connectivity index (χ0n) is 10.6. The van der Waals surface area contributed by atoms with E-state index in [1.807, 2.05) is 21.7 Å². The summed E-state index contributed by atoms with van der Waals surface area (Å²) in [5.74, 6) is 0.0704. The highest BCUT2D eigenvalue weighted by atomic mass is 79.9. The van der Waals surface area contributed by atoms with Crippen molar-refractivity contribution in [2.24, 2.45) is 0 Å². The predicted octanol–water partition coefficient (Wildman–Crippen LogP) is 2.26. The number of hydrogen-bond donors (Lipinski definition) is 1. The molecule has 2 heterocycles. The molecule has 1 N–H and O–H groups in total. The van der Waals surface area contributed by atoms with Crippen molar-refractivity contribution in [3.63, 3.8) is 0 Å². The Morgan fingerprint density at radius 3 is 2.78 bits per heavy atom. The van der Waals surface area contributed by atoms with Gasteiger partial charge in [0.15, 0.2) is 0 Å². The van der Waals surface area contributed by atoms with Crippen LogP contribution < -0.4 is 0 Å². The fraction of sp³-hybridized carbons (Fsp3) is 0.615. The number of aliphatic hydroxyl groups is 1. The van der Waals surface area contributed by atoms with Gasteiger partial charge in [-0.1, -0.05) is 6.92 Å². The quantitative estimate of drug-likeness (QED) is 0.930. The zero-order chi connectivity index (χ0) is 13.1. The van der Waals surface area contributed by atoms with Gasteiger partial charge in [0.25, 0.3) is 5.91 Å². The molecule has 0 atom stereocenters. The minimum absolute atomic E-state index is 0.0704. The van der Waals surface area contributed by atoms with Gasteiger partial charge in [0.2, 0.25) is 0 Å². The van der Waals surface area contributed by atoms with Crippen molar-refractivity contribution in [2.45, 2.75) is 38.8 Å². The van der Waals surface area contributed by atoms with Crippen molar-refractivity contribution in [3.8, 4) is 0 Å². The lowest BCUT2D eigenvalue weighted by Gasteiger charge is -2.29. The Kier molecular flexibility index (Phi) is 4.45. The largest absolute Gasteiger partial charge is 0.393 e. The Bertz CT molecular complexity index is 423. The normalized spacial score (nSPS) is 17.2. The highest BCUT2D eigenvalue weighted by Crippen LogP contribution is 2.19. The van der Waals surface area contributed by atoms with Gasteiger partial charge in [-0.3, -0.25) is 4.79 Å². The molecule has 1 aromatic rings. The van der Waals surface area contributed by atoms with Crippen LogP contribution in [0.15, 0.2) is 16.7 Å². The molecule has 1 fully saturated rings. The molecule has 1 amide bonds. The van der Waals surface area contributed by atoms with Gasteiger partial charge in [-0.15, -0.1) is 0 Å². The number of aryl methyl sites for hydroxylation is 1. The molecule has 4 nitrogen and oxygen atoms in total. The Morgan fingerprint density at radius 2 is 2.17 bits per heavy atom. The third-order valence-electron chi connectivity index (χ3n) is 3.30. The van der Waals surface area contributed by atoms with Gasteiger partial charge in [-0.2, -0.15) is 0 Å². The average molecular weight is 315 g/mol. The molecule has 0 radical (unpaired) electrons. The fourth-order valence-electron chi connectivity index (χ4n) is 2.31. The van der Waals surface area contributed by atoms with Crippen molar-refractivity contribution in [1.82, 2.24) is 9.47 Å². The van der Waals surface area contributed by atoms with E-state index in [9.17, 15) is 9.90 Å². The molecule has 1 aliphatic heterocycles. The average Bonchev–Trinajstić information content (AvgIpc) is 2.71. The number of carbonyl (C=O) groups is 1. The number of rotatable bonds is 3. The topological polar surface area (TPSA) is 45.5 Å². The lowest BCUT2D eigenvalue weighted by molar-refractivity contribution is 0.0537. The summed E-state index contributed by atoms with van der Waals surface area (Å²) in [6.45, 7) is 4.24. The molecular formula is C13H19BrN2O2.